The third kappa shape index (κ3) is 2.73. The topological polar surface area (TPSA) is 37.8 Å². The fraction of sp³-hybridized carbons (Fsp3) is 0. The summed E-state index contributed by atoms with van der Waals surface area (Å²) in [6, 6.07) is 7.53. The summed E-state index contributed by atoms with van der Waals surface area (Å²) < 4.78 is 13.5. The number of anilines is 2. The normalized spacial score (nSPS) is 10.0. The van der Waals surface area contributed by atoms with Crippen LogP contribution in [-0.4, -0.2) is 9.97 Å². The standard InChI is InChI=1S/C10H7BrFN3/c11-7-1-3-9(4-2-7)15-10-13-5-8(12)6-14-10/h1-6H,(H,13,14,15). The van der Waals surface area contributed by atoms with E-state index in [4.69, 9.17) is 0 Å². The number of hydrogen-bond donors (Lipinski definition) is 1. The molecule has 1 aromatic heterocycles. The van der Waals surface area contributed by atoms with E-state index in [1.165, 1.54) is 0 Å². The quantitative estimate of drug-likeness (QED) is 0.909. The first-order chi connectivity index (χ1) is 7.24. The Balaban J connectivity index is 2.15. The van der Waals surface area contributed by atoms with E-state index >= 15 is 0 Å². The van der Waals surface area contributed by atoms with Crippen molar-refractivity contribution < 1.29 is 4.39 Å². The molecule has 0 amide bonds. The van der Waals surface area contributed by atoms with Crippen molar-refractivity contribution in [2.45, 2.75) is 0 Å². The molecule has 0 saturated heterocycles. The summed E-state index contributed by atoms with van der Waals surface area (Å²) >= 11 is 3.33. The average molecular weight is 268 g/mol. The smallest absolute Gasteiger partial charge is 0.227 e. The zero-order valence-electron chi connectivity index (χ0n) is 7.61. The molecule has 0 spiro atoms. The Labute approximate surface area is 94.5 Å². The Bertz CT molecular complexity index is 398. The van der Waals surface area contributed by atoms with Crippen LogP contribution in [0.1, 0.15) is 0 Å². The Hall–Kier alpha value is -1.49. The van der Waals surface area contributed by atoms with Gasteiger partial charge in [-0.15, -0.1) is 0 Å². The first-order valence-electron chi connectivity index (χ1n) is 4.24. The van der Waals surface area contributed by atoms with E-state index in [1.807, 2.05) is 24.3 Å². The van der Waals surface area contributed by atoms with Crippen molar-refractivity contribution in [3.8, 4) is 0 Å². The van der Waals surface area contributed by atoms with Crippen LogP contribution in [0.15, 0.2) is 41.1 Å². The maximum Gasteiger partial charge on any atom is 0.227 e. The molecule has 2 aromatic rings. The van der Waals surface area contributed by atoms with Crippen LogP contribution >= 0.6 is 15.9 Å². The molecule has 0 unspecified atom stereocenters. The molecule has 0 aliphatic heterocycles. The van der Waals surface area contributed by atoms with Gasteiger partial charge in [-0.05, 0) is 24.3 Å². The highest BCUT2D eigenvalue weighted by atomic mass is 79.9. The molecule has 0 aliphatic carbocycles. The fourth-order valence-corrected chi connectivity index (χ4v) is 1.30. The van der Waals surface area contributed by atoms with Crippen LogP contribution in [0.5, 0.6) is 0 Å². The SMILES string of the molecule is Fc1cnc(Nc2ccc(Br)cc2)nc1. The van der Waals surface area contributed by atoms with E-state index in [-0.39, 0.29) is 0 Å². The summed E-state index contributed by atoms with van der Waals surface area (Å²) in [4.78, 5) is 7.57. The molecule has 5 heteroatoms. The van der Waals surface area contributed by atoms with Crippen LogP contribution in [0.25, 0.3) is 0 Å². The minimum atomic E-state index is -0.448. The lowest BCUT2D eigenvalue weighted by atomic mass is 10.3. The lowest BCUT2D eigenvalue weighted by molar-refractivity contribution is 0.614. The first kappa shape index (κ1) is 10.0. The van der Waals surface area contributed by atoms with Crippen LogP contribution in [0.4, 0.5) is 16.0 Å². The second-order valence-corrected chi connectivity index (χ2v) is 3.77. The second-order valence-electron chi connectivity index (χ2n) is 2.86. The average Bonchev–Trinajstić information content (AvgIpc) is 2.25. The number of nitrogens with zero attached hydrogens (tertiary/aromatic N) is 2. The Morgan fingerprint density at radius 1 is 1.07 bits per heavy atom. The number of hydrogen-bond acceptors (Lipinski definition) is 3. The van der Waals surface area contributed by atoms with Crippen molar-refractivity contribution in [2.24, 2.45) is 0 Å². The van der Waals surface area contributed by atoms with Crippen molar-refractivity contribution in [3.63, 3.8) is 0 Å². The molecule has 0 saturated carbocycles. The summed E-state index contributed by atoms with van der Waals surface area (Å²) in [6.45, 7) is 0. The third-order valence-electron chi connectivity index (χ3n) is 1.72. The highest BCUT2D eigenvalue weighted by molar-refractivity contribution is 9.10. The van der Waals surface area contributed by atoms with Gasteiger partial charge < -0.3 is 5.32 Å². The molecule has 0 atom stereocenters. The summed E-state index contributed by atoms with van der Waals surface area (Å²) in [5.41, 5.74) is 0.852. The van der Waals surface area contributed by atoms with Crippen LogP contribution in [0, 0.1) is 5.82 Å². The van der Waals surface area contributed by atoms with Gasteiger partial charge in [0, 0.05) is 10.2 Å². The zero-order chi connectivity index (χ0) is 10.7. The van der Waals surface area contributed by atoms with E-state index < -0.39 is 5.82 Å². The van der Waals surface area contributed by atoms with Gasteiger partial charge in [0.15, 0.2) is 5.82 Å². The molecule has 0 aliphatic rings. The van der Waals surface area contributed by atoms with Crippen molar-refractivity contribution in [1.82, 2.24) is 9.97 Å². The van der Waals surface area contributed by atoms with E-state index in [0.29, 0.717) is 5.95 Å². The van der Waals surface area contributed by atoms with Crippen LogP contribution in [0.3, 0.4) is 0 Å². The summed E-state index contributed by atoms with van der Waals surface area (Å²) in [7, 11) is 0. The minimum absolute atomic E-state index is 0.374. The third-order valence-corrected chi connectivity index (χ3v) is 2.25. The van der Waals surface area contributed by atoms with Gasteiger partial charge in [-0.2, -0.15) is 0 Å². The lowest BCUT2D eigenvalue weighted by Crippen LogP contribution is -1.96. The van der Waals surface area contributed by atoms with Gasteiger partial charge >= 0.3 is 0 Å². The van der Waals surface area contributed by atoms with Crippen molar-refractivity contribution in [1.29, 1.82) is 0 Å². The minimum Gasteiger partial charge on any atom is -0.324 e. The molecule has 15 heavy (non-hydrogen) atoms. The van der Waals surface area contributed by atoms with E-state index in [1.54, 1.807) is 0 Å². The van der Waals surface area contributed by atoms with E-state index in [2.05, 4.69) is 31.2 Å². The van der Waals surface area contributed by atoms with E-state index in [9.17, 15) is 4.39 Å². The molecule has 0 radical (unpaired) electrons. The number of rotatable bonds is 2. The van der Waals surface area contributed by atoms with Crippen molar-refractivity contribution >= 4 is 27.6 Å². The number of aromatic nitrogens is 2. The van der Waals surface area contributed by atoms with Crippen LogP contribution in [-0.2, 0) is 0 Å². The predicted molar refractivity (Wildman–Crippen MR) is 59.4 cm³/mol. The van der Waals surface area contributed by atoms with Gasteiger partial charge in [-0.25, -0.2) is 14.4 Å². The maximum atomic E-state index is 12.5. The molecular weight excluding hydrogens is 261 g/mol. The predicted octanol–water partition coefficient (Wildman–Crippen LogP) is 3.12. The Kier molecular flexibility index (Phi) is 2.91. The molecule has 2 rings (SSSR count). The molecule has 0 fully saturated rings. The first-order valence-corrected chi connectivity index (χ1v) is 5.03. The highest BCUT2D eigenvalue weighted by Crippen LogP contribution is 2.16. The lowest BCUT2D eigenvalue weighted by Gasteiger charge is -2.03. The summed E-state index contributed by atoms with van der Waals surface area (Å²) in [5.74, 6) is -0.0740. The number of nitrogens with one attached hydrogen (secondary N) is 1. The monoisotopic (exact) mass is 267 g/mol. The number of halogens is 2. The number of benzene rings is 1. The van der Waals surface area contributed by atoms with Gasteiger partial charge in [0.2, 0.25) is 5.95 Å². The largest absolute Gasteiger partial charge is 0.324 e. The van der Waals surface area contributed by atoms with Crippen molar-refractivity contribution in [2.75, 3.05) is 5.32 Å². The van der Waals surface area contributed by atoms with Gasteiger partial charge in [0.1, 0.15) is 0 Å². The van der Waals surface area contributed by atoms with Gasteiger partial charge in [-0.3, -0.25) is 0 Å². The maximum absolute atomic E-state index is 12.5. The summed E-state index contributed by atoms with van der Waals surface area (Å²) in [5, 5.41) is 2.95. The molecule has 76 valence electrons. The van der Waals surface area contributed by atoms with Crippen LogP contribution < -0.4 is 5.32 Å². The molecule has 1 heterocycles. The van der Waals surface area contributed by atoms with Crippen LogP contribution in [0.2, 0.25) is 0 Å². The second kappa shape index (κ2) is 4.35. The fourth-order valence-electron chi connectivity index (χ4n) is 1.04. The zero-order valence-corrected chi connectivity index (χ0v) is 9.20. The van der Waals surface area contributed by atoms with Gasteiger partial charge in [0.25, 0.3) is 0 Å². The highest BCUT2D eigenvalue weighted by Gasteiger charge is 1.97. The molecule has 3 nitrogen and oxygen atoms in total. The summed E-state index contributed by atoms with van der Waals surface area (Å²) in [6.07, 6.45) is 2.24. The molecular formula is C10H7BrFN3. The van der Waals surface area contributed by atoms with Crippen molar-refractivity contribution in [3.05, 3.63) is 46.9 Å². The molecule has 1 aromatic carbocycles. The molecule has 0 bridgehead atoms. The molecule has 1 N–H and O–H groups in total. The van der Waals surface area contributed by atoms with E-state index in [0.717, 1.165) is 22.6 Å². The Morgan fingerprint density at radius 2 is 1.67 bits per heavy atom. The van der Waals surface area contributed by atoms with Gasteiger partial charge in [-0.1, -0.05) is 15.9 Å². The Morgan fingerprint density at radius 3 is 2.27 bits per heavy atom. The van der Waals surface area contributed by atoms with Gasteiger partial charge in [0.05, 0.1) is 12.4 Å².